The van der Waals surface area contributed by atoms with Crippen molar-refractivity contribution >= 4 is 17.6 Å². The summed E-state index contributed by atoms with van der Waals surface area (Å²) in [6, 6.07) is 6.72. The molecule has 1 heterocycles. The summed E-state index contributed by atoms with van der Waals surface area (Å²) in [5.41, 5.74) is 1.49. The SMILES string of the molecule is C/C=C(\C)C(=O)CCN1C(=O)c2ccccc2C1=O. The molecule has 4 heteroatoms. The summed E-state index contributed by atoms with van der Waals surface area (Å²) in [6.45, 7) is 3.65. The molecule has 0 aromatic heterocycles. The molecule has 2 amide bonds. The van der Waals surface area contributed by atoms with E-state index in [0.717, 1.165) is 4.90 Å². The van der Waals surface area contributed by atoms with Crippen molar-refractivity contribution in [2.45, 2.75) is 20.3 Å². The molecule has 0 spiro atoms. The summed E-state index contributed by atoms with van der Waals surface area (Å²) in [6.07, 6.45) is 1.90. The van der Waals surface area contributed by atoms with Crippen molar-refractivity contribution in [3.63, 3.8) is 0 Å². The normalized spacial score (nSPS) is 14.8. The van der Waals surface area contributed by atoms with E-state index in [-0.39, 0.29) is 30.6 Å². The van der Waals surface area contributed by atoms with Gasteiger partial charge in [0.2, 0.25) is 0 Å². The third-order valence-electron chi connectivity index (χ3n) is 3.31. The minimum atomic E-state index is -0.313. The van der Waals surface area contributed by atoms with Crippen LogP contribution in [-0.2, 0) is 4.79 Å². The molecule has 98 valence electrons. The van der Waals surface area contributed by atoms with Gasteiger partial charge in [0.25, 0.3) is 11.8 Å². The van der Waals surface area contributed by atoms with Gasteiger partial charge in [0.05, 0.1) is 11.1 Å². The van der Waals surface area contributed by atoms with Crippen LogP contribution in [0.15, 0.2) is 35.9 Å². The Morgan fingerprint density at radius 1 is 1.16 bits per heavy atom. The number of hydrogen-bond acceptors (Lipinski definition) is 3. The average molecular weight is 257 g/mol. The first kappa shape index (κ1) is 13.2. The molecule has 1 aliphatic rings. The Balaban J connectivity index is 2.11. The molecule has 4 nitrogen and oxygen atoms in total. The number of amides is 2. The van der Waals surface area contributed by atoms with Crippen LogP contribution in [0.5, 0.6) is 0 Å². The lowest BCUT2D eigenvalue weighted by atomic mass is 10.1. The van der Waals surface area contributed by atoms with Gasteiger partial charge in [-0.3, -0.25) is 19.3 Å². The number of fused-ring (bicyclic) bond motifs is 1. The molecule has 0 saturated heterocycles. The zero-order valence-corrected chi connectivity index (χ0v) is 11.0. The zero-order valence-electron chi connectivity index (χ0n) is 11.0. The maximum absolute atomic E-state index is 12.0. The molecule has 0 unspecified atom stereocenters. The van der Waals surface area contributed by atoms with Crippen LogP contribution in [0.2, 0.25) is 0 Å². The van der Waals surface area contributed by atoms with Crippen molar-refractivity contribution in [2.75, 3.05) is 6.54 Å². The van der Waals surface area contributed by atoms with Crippen LogP contribution in [0, 0.1) is 0 Å². The summed E-state index contributed by atoms with van der Waals surface area (Å²) in [5, 5.41) is 0. The monoisotopic (exact) mass is 257 g/mol. The predicted octanol–water partition coefficient (Wildman–Crippen LogP) is 2.21. The van der Waals surface area contributed by atoms with E-state index in [2.05, 4.69) is 0 Å². The van der Waals surface area contributed by atoms with Crippen molar-refractivity contribution in [1.82, 2.24) is 4.90 Å². The molecular weight excluding hydrogens is 242 g/mol. The first-order valence-electron chi connectivity index (χ1n) is 6.17. The van der Waals surface area contributed by atoms with E-state index in [1.54, 1.807) is 44.2 Å². The number of ketones is 1. The first-order valence-corrected chi connectivity index (χ1v) is 6.17. The molecular formula is C15H15NO3. The standard InChI is InChI=1S/C15H15NO3/c1-3-10(2)13(17)8-9-16-14(18)11-6-4-5-7-12(11)15(16)19/h3-7H,8-9H2,1-2H3/b10-3+. The van der Waals surface area contributed by atoms with Gasteiger partial charge in [-0.05, 0) is 31.6 Å². The van der Waals surface area contributed by atoms with Gasteiger partial charge in [0.1, 0.15) is 0 Å². The van der Waals surface area contributed by atoms with E-state index < -0.39 is 0 Å². The molecule has 0 radical (unpaired) electrons. The maximum Gasteiger partial charge on any atom is 0.261 e. The van der Waals surface area contributed by atoms with Crippen LogP contribution >= 0.6 is 0 Å². The smallest absolute Gasteiger partial charge is 0.261 e. The highest BCUT2D eigenvalue weighted by atomic mass is 16.2. The highest BCUT2D eigenvalue weighted by Gasteiger charge is 2.34. The van der Waals surface area contributed by atoms with Crippen LogP contribution in [0.4, 0.5) is 0 Å². The van der Waals surface area contributed by atoms with Crippen molar-refractivity contribution in [3.05, 3.63) is 47.0 Å². The molecule has 0 bridgehead atoms. The lowest BCUT2D eigenvalue weighted by Crippen LogP contribution is -2.32. The fourth-order valence-electron chi connectivity index (χ4n) is 2.01. The lowest BCUT2D eigenvalue weighted by Gasteiger charge is -2.12. The Kier molecular flexibility index (Phi) is 3.60. The Morgan fingerprint density at radius 2 is 1.68 bits per heavy atom. The molecule has 19 heavy (non-hydrogen) atoms. The Morgan fingerprint density at radius 3 is 2.16 bits per heavy atom. The molecule has 1 aromatic carbocycles. The molecule has 0 aliphatic carbocycles. The van der Waals surface area contributed by atoms with E-state index in [9.17, 15) is 14.4 Å². The number of carbonyl (C=O) groups is 3. The quantitative estimate of drug-likeness (QED) is 0.614. The van der Waals surface area contributed by atoms with Crippen molar-refractivity contribution in [3.8, 4) is 0 Å². The Hall–Kier alpha value is -2.23. The number of hydrogen-bond donors (Lipinski definition) is 0. The average Bonchev–Trinajstić information content (AvgIpc) is 2.68. The van der Waals surface area contributed by atoms with Gasteiger partial charge in [0.15, 0.2) is 5.78 Å². The number of nitrogens with zero attached hydrogens (tertiary/aromatic N) is 1. The van der Waals surface area contributed by atoms with Gasteiger partial charge < -0.3 is 0 Å². The first-order chi connectivity index (χ1) is 9.06. The summed E-state index contributed by atoms with van der Waals surface area (Å²) < 4.78 is 0. The summed E-state index contributed by atoms with van der Waals surface area (Å²) in [7, 11) is 0. The van der Waals surface area contributed by atoms with E-state index in [1.165, 1.54) is 0 Å². The van der Waals surface area contributed by atoms with Crippen LogP contribution in [0.25, 0.3) is 0 Å². The number of Topliss-reactive ketones (excluding diaryl/α,β-unsaturated/α-hetero) is 1. The van der Waals surface area contributed by atoms with Crippen molar-refractivity contribution in [2.24, 2.45) is 0 Å². The minimum Gasteiger partial charge on any atom is -0.295 e. The maximum atomic E-state index is 12.0. The summed E-state index contributed by atoms with van der Waals surface area (Å²) in [4.78, 5) is 36.9. The number of carbonyl (C=O) groups excluding carboxylic acids is 3. The second kappa shape index (κ2) is 5.18. The number of imide groups is 1. The molecule has 0 N–H and O–H groups in total. The van der Waals surface area contributed by atoms with Gasteiger partial charge in [-0.15, -0.1) is 0 Å². The molecule has 1 aliphatic heterocycles. The molecule has 0 saturated carbocycles. The highest BCUT2D eigenvalue weighted by Crippen LogP contribution is 2.22. The summed E-state index contributed by atoms with van der Waals surface area (Å²) >= 11 is 0. The lowest BCUT2D eigenvalue weighted by molar-refractivity contribution is -0.115. The van der Waals surface area contributed by atoms with E-state index in [0.29, 0.717) is 16.7 Å². The third kappa shape index (κ3) is 2.34. The third-order valence-corrected chi connectivity index (χ3v) is 3.31. The van der Waals surface area contributed by atoms with E-state index >= 15 is 0 Å². The second-order valence-corrected chi connectivity index (χ2v) is 4.45. The van der Waals surface area contributed by atoms with Crippen LogP contribution in [-0.4, -0.2) is 29.0 Å². The van der Waals surface area contributed by atoms with Crippen LogP contribution in [0.1, 0.15) is 41.0 Å². The van der Waals surface area contributed by atoms with Gasteiger partial charge in [-0.1, -0.05) is 18.2 Å². The predicted molar refractivity (Wildman–Crippen MR) is 70.9 cm³/mol. The van der Waals surface area contributed by atoms with Crippen LogP contribution < -0.4 is 0 Å². The topological polar surface area (TPSA) is 54.5 Å². The molecule has 0 fully saturated rings. The van der Waals surface area contributed by atoms with Crippen LogP contribution in [0.3, 0.4) is 0 Å². The van der Waals surface area contributed by atoms with Gasteiger partial charge >= 0.3 is 0 Å². The second-order valence-electron chi connectivity index (χ2n) is 4.45. The fourth-order valence-corrected chi connectivity index (χ4v) is 2.01. The number of benzene rings is 1. The highest BCUT2D eigenvalue weighted by molar-refractivity contribution is 6.21. The Bertz CT molecular complexity index is 552. The minimum absolute atomic E-state index is 0.0425. The Labute approximate surface area is 111 Å². The van der Waals surface area contributed by atoms with E-state index in [1.807, 2.05) is 0 Å². The number of rotatable bonds is 4. The van der Waals surface area contributed by atoms with Gasteiger partial charge in [0, 0.05) is 13.0 Å². The molecule has 0 atom stereocenters. The van der Waals surface area contributed by atoms with Crippen molar-refractivity contribution < 1.29 is 14.4 Å². The number of allylic oxidation sites excluding steroid dienone is 2. The van der Waals surface area contributed by atoms with Gasteiger partial charge in [-0.25, -0.2) is 0 Å². The fraction of sp³-hybridized carbons (Fsp3) is 0.267. The molecule has 1 aromatic rings. The van der Waals surface area contributed by atoms with E-state index in [4.69, 9.17) is 0 Å². The van der Waals surface area contributed by atoms with Crippen molar-refractivity contribution in [1.29, 1.82) is 0 Å². The zero-order chi connectivity index (χ0) is 14.0. The van der Waals surface area contributed by atoms with Gasteiger partial charge in [-0.2, -0.15) is 0 Å². The molecule has 2 rings (SSSR count). The largest absolute Gasteiger partial charge is 0.295 e. The summed E-state index contributed by atoms with van der Waals surface area (Å²) in [5.74, 6) is -0.669.